The number of aromatic nitrogens is 3. The number of esters is 2. The molecule has 0 amide bonds. The first-order valence-electron chi connectivity index (χ1n) is 11.3. The Morgan fingerprint density at radius 2 is 1.62 bits per heavy atom. The van der Waals surface area contributed by atoms with Crippen molar-refractivity contribution in [1.82, 2.24) is 9.61 Å². The van der Waals surface area contributed by atoms with Crippen LogP contribution in [-0.4, -0.2) is 50.6 Å². The molecule has 0 saturated heterocycles. The van der Waals surface area contributed by atoms with Crippen LogP contribution in [0.1, 0.15) is 57.6 Å². The monoisotopic (exact) mass is 626 g/mol. The molecule has 3 aromatic heterocycles. The maximum absolute atomic E-state index is 12.0. The van der Waals surface area contributed by atoms with E-state index < -0.39 is 23.1 Å². The standard InChI is InChI=1S/C13H16N2O3.C8H12O3.C5H7N2.HI/c1-4-18-12(16)10-9-7-5-6-8-15(9)14-11(10)13(2,3)17;1-4-11-7(9)5-6-8(2,3)10;6-7-4-2-1-3-5-7;/h5-8,17H,4H2,1-3H3;10H,4H2,1-3H3;1-5H,6H2;1H/q;;+1;/p-1. The van der Waals surface area contributed by atoms with Crippen molar-refractivity contribution in [1.29, 1.82) is 0 Å². The van der Waals surface area contributed by atoms with Gasteiger partial charge < -0.3 is 43.7 Å². The molecule has 0 aliphatic heterocycles. The van der Waals surface area contributed by atoms with Gasteiger partial charge in [0.05, 0.1) is 18.7 Å². The molecule has 37 heavy (non-hydrogen) atoms. The van der Waals surface area contributed by atoms with Gasteiger partial charge in [-0.3, -0.25) is 0 Å². The first-order valence-corrected chi connectivity index (χ1v) is 11.3. The Bertz CT molecular complexity index is 1190. The number of fused-ring (bicyclic) bond motifs is 1. The number of hydrogen-bond donors (Lipinski definition) is 3. The summed E-state index contributed by atoms with van der Waals surface area (Å²) in [6.45, 7) is 10.2. The maximum Gasteiger partial charge on any atom is 0.384 e. The highest BCUT2D eigenvalue weighted by Gasteiger charge is 2.30. The fourth-order valence-corrected chi connectivity index (χ4v) is 2.61. The third-order valence-electron chi connectivity index (χ3n) is 4.08. The highest BCUT2D eigenvalue weighted by molar-refractivity contribution is 5.98. The zero-order chi connectivity index (χ0) is 27.4. The predicted molar refractivity (Wildman–Crippen MR) is 134 cm³/mol. The molecule has 0 unspecified atom stereocenters. The Kier molecular flexibility index (Phi) is 14.4. The molecule has 10 nitrogen and oxygen atoms in total. The van der Waals surface area contributed by atoms with Crippen LogP contribution in [0.5, 0.6) is 0 Å². The van der Waals surface area contributed by atoms with Gasteiger partial charge >= 0.3 is 11.9 Å². The van der Waals surface area contributed by atoms with Gasteiger partial charge in [-0.15, -0.1) is 0 Å². The van der Waals surface area contributed by atoms with Crippen molar-refractivity contribution in [2.75, 3.05) is 19.1 Å². The zero-order valence-electron chi connectivity index (χ0n) is 21.9. The van der Waals surface area contributed by atoms with Gasteiger partial charge in [0.15, 0.2) is 12.4 Å². The third-order valence-corrected chi connectivity index (χ3v) is 4.08. The molecule has 0 radical (unpaired) electrons. The summed E-state index contributed by atoms with van der Waals surface area (Å²) in [7, 11) is 0. The van der Waals surface area contributed by atoms with Gasteiger partial charge in [0, 0.05) is 24.3 Å². The van der Waals surface area contributed by atoms with Crippen LogP contribution in [0.2, 0.25) is 0 Å². The van der Waals surface area contributed by atoms with Crippen molar-refractivity contribution in [2.45, 2.75) is 52.7 Å². The number of halogens is 1. The van der Waals surface area contributed by atoms with Crippen molar-refractivity contribution in [3.05, 3.63) is 66.2 Å². The second-order valence-electron chi connectivity index (χ2n) is 8.39. The molecule has 0 aliphatic carbocycles. The highest BCUT2D eigenvalue weighted by atomic mass is 127. The van der Waals surface area contributed by atoms with Gasteiger partial charge in [0.1, 0.15) is 22.5 Å². The molecule has 3 heterocycles. The first kappa shape index (κ1) is 33.8. The van der Waals surface area contributed by atoms with E-state index in [2.05, 4.69) is 21.7 Å². The Labute approximate surface area is 234 Å². The molecular weight excluding hydrogens is 591 g/mol. The molecule has 11 heteroatoms. The lowest BCUT2D eigenvalue weighted by Gasteiger charge is -2.15. The van der Waals surface area contributed by atoms with Gasteiger partial charge in [-0.2, -0.15) is 5.10 Å². The molecule has 0 aliphatic rings. The Balaban J connectivity index is 0.000000582. The van der Waals surface area contributed by atoms with Gasteiger partial charge in [0.2, 0.25) is 0 Å². The summed E-state index contributed by atoms with van der Waals surface area (Å²) in [6.07, 6.45) is 5.29. The van der Waals surface area contributed by atoms with Crippen LogP contribution in [0.15, 0.2) is 55.0 Å². The van der Waals surface area contributed by atoms with Crippen LogP contribution in [0, 0.1) is 11.8 Å². The summed E-state index contributed by atoms with van der Waals surface area (Å²) in [5.74, 6) is 8.71. The topological polar surface area (TPSA) is 140 Å². The second kappa shape index (κ2) is 15.8. The minimum Gasteiger partial charge on any atom is -1.00 e. The minimum absolute atomic E-state index is 0. The van der Waals surface area contributed by atoms with Crippen LogP contribution >= 0.6 is 0 Å². The summed E-state index contributed by atoms with van der Waals surface area (Å²) in [6, 6.07) is 11.1. The van der Waals surface area contributed by atoms with Crippen molar-refractivity contribution in [2.24, 2.45) is 0 Å². The number of aliphatic hydroxyl groups is 2. The van der Waals surface area contributed by atoms with Gasteiger partial charge in [-0.25, -0.2) is 19.9 Å². The van der Waals surface area contributed by atoms with E-state index in [1.54, 1.807) is 56.9 Å². The first-order chi connectivity index (χ1) is 16.8. The number of carbonyl (C=O) groups is 2. The Morgan fingerprint density at radius 1 is 1.03 bits per heavy atom. The third kappa shape index (κ3) is 12.5. The van der Waals surface area contributed by atoms with E-state index >= 15 is 0 Å². The van der Waals surface area contributed by atoms with E-state index in [4.69, 9.17) is 15.7 Å². The highest BCUT2D eigenvalue weighted by Crippen LogP contribution is 2.26. The Hall–Kier alpha value is -3.21. The van der Waals surface area contributed by atoms with E-state index in [1.807, 2.05) is 30.3 Å². The van der Waals surface area contributed by atoms with E-state index in [9.17, 15) is 14.7 Å². The number of rotatable bonds is 4. The zero-order valence-corrected chi connectivity index (χ0v) is 24.1. The number of hydrogen-bond acceptors (Lipinski definition) is 8. The van der Waals surface area contributed by atoms with Crippen molar-refractivity contribution >= 4 is 17.5 Å². The van der Waals surface area contributed by atoms with Crippen LogP contribution in [0.3, 0.4) is 0 Å². The Morgan fingerprint density at radius 3 is 2.08 bits per heavy atom. The van der Waals surface area contributed by atoms with Crippen molar-refractivity contribution < 1.29 is 57.9 Å². The normalized spacial score (nSPS) is 10.3. The van der Waals surface area contributed by atoms with Gasteiger partial charge in [-0.1, -0.05) is 22.7 Å². The molecule has 3 rings (SSSR count). The summed E-state index contributed by atoms with van der Waals surface area (Å²) in [4.78, 5) is 22.6. The average Bonchev–Trinajstić information content (AvgIpc) is 3.20. The van der Waals surface area contributed by atoms with Crippen LogP contribution in [-0.2, 0) is 19.9 Å². The van der Waals surface area contributed by atoms with Crippen molar-refractivity contribution in [3.63, 3.8) is 0 Å². The number of nitrogen functional groups attached to an aromatic ring is 1. The van der Waals surface area contributed by atoms with E-state index in [0.717, 1.165) is 0 Å². The number of nitrogens with zero attached hydrogens (tertiary/aromatic N) is 3. The summed E-state index contributed by atoms with van der Waals surface area (Å²) in [5, 5.41) is 23.4. The molecule has 0 aromatic carbocycles. The minimum atomic E-state index is -1.20. The van der Waals surface area contributed by atoms with Crippen LogP contribution in [0.25, 0.3) is 5.52 Å². The summed E-state index contributed by atoms with van der Waals surface area (Å²) in [5.41, 5.74) is -1.05. The van der Waals surface area contributed by atoms with Gasteiger partial charge in [-0.05, 0) is 53.7 Å². The molecular formula is C26H35IN4O6. The fourth-order valence-electron chi connectivity index (χ4n) is 2.61. The smallest absolute Gasteiger partial charge is 0.384 e. The number of carbonyl (C=O) groups excluding carboxylic acids is 2. The van der Waals surface area contributed by atoms with Crippen LogP contribution in [0.4, 0.5) is 0 Å². The number of nitrogens with two attached hydrogens (primary N) is 1. The molecule has 3 aromatic rings. The summed E-state index contributed by atoms with van der Waals surface area (Å²) >= 11 is 0. The predicted octanol–water partition coefficient (Wildman–Crippen LogP) is -1.25. The quantitative estimate of drug-likeness (QED) is 0.0816. The van der Waals surface area contributed by atoms with Crippen LogP contribution < -0.4 is 34.5 Å². The molecule has 0 saturated carbocycles. The molecule has 0 bridgehead atoms. The molecule has 202 valence electrons. The van der Waals surface area contributed by atoms with Gasteiger partial charge in [0.25, 0.3) is 0 Å². The fraction of sp³-hybridized carbons (Fsp3) is 0.385. The lowest BCUT2D eigenvalue weighted by Crippen LogP contribution is -3.00. The molecule has 4 N–H and O–H groups in total. The number of pyridine rings is 2. The van der Waals surface area contributed by atoms with E-state index in [-0.39, 0.29) is 30.6 Å². The average molecular weight is 626 g/mol. The van der Waals surface area contributed by atoms with Crippen molar-refractivity contribution in [3.8, 4) is 11.8 Å². The lowest BCUT2D eigenvalue weighted by molar-refractivity contribution is -0.638. The second-order valence-corrected chi connectivity index (χ2v) is 8.39. The number of ether oxygens (including phenoxy) is 2. The molecule has 0 spiro atoms. The maximum atomic E-state index is 12.0. The summed E-state index contributed by atoms with van der Waals surface area (Å²) < 4.78 is 12.6. The molecule has 0 fully saturated rings. The molecule has 0 atom stereocenters. The van der Waals surface area contributed by atoms with E-state index in [1.165, 1.54) is 18.5 Å². The van der Waals surface area contributed by atoms with E-state index in [0.29, 0.717) is 23.4 Å². The SMILES string of the molecule is CCOC(=O)C#CC(C)(C)O.CCOC(=O)c1c(C(C)(C)O)nn2ccccc12.N[n+]1ccccc1.[I-]. The lowest BCUT2D eigenvalue weighted by atomic mass is 10.0. The largest absolute Gasteiger partial charge is 1.00 e.